The third kappa shape index (κ3) is 3.40. The van der Waals surface area contributed by atoms with Gasteiger partial charge in [-0.15, -0.1) is 0 Å². The molecule has 1 fully saturated rings. The Morgan fingerprint density at radius 3 is 2.61 bits per heavy atom. The number of nitrogen functional groups attached to an aromatic ring is 1. The monoisotopic (exact) mass is 249 g/mol. The van der Waals surface area contributed by atoms with E-state index in [9.17, 15) is 4.79 Å². The van der Waals surface area contributed by atoms with Crippen LogP contribution in [-0.2, 0) is 0 Å². The summed E-state index contributed by atoms with van der Waals surface area (Å²) in [5, 5.41) is 3.02. The molecule has 98 valence electrons. The van der Waals surface area contributed by atoms with Gasteiger partial charge in [0.05, 0.1) is 12.4 Å². The van der Waals surface area contributed by atoms with Gasteiger partial charge < -0.3 is 10.7 Å². The van der Waals surface area contributed by atoms with Gasteiger partial charge in [-0.1, -0.05) is 25.7 Å². The number of hydrogen-bond donors (Lipinski definition) is 3. The topological polar surface area (TPSA) is 92.9 Å². The number of carbonyl (C=O) groups excluding carboxylic acids is 1. The van der Waals surface area contributed by atoms with E-state index in [1.165, 1.54) is 38.1 Å². The lowest BCUT2D eigenvalue weighted by molar-refractivity contribution is 0.0928. The molecular weight excluding hydrogens is 230 g/mol. The lowest BCUT2D eigenvalue weighted by atomic mass is 10.1. The van der Waals surface area contributed by atoms with Gasteiger partial charge in [0.2, 0.25) is 0 Å². The third-order valence-corrected chi connectivity index (χ3v) is 3.21. The highest BCUT2D eigenvalue weighted by Crippen LogP contribution is 2.17. The van der Waals surface area contributed by atoms with Crippen molar-refractivity contribution in [1.82, 2.24) is 15.3 Å². The van der Waals surface area contributed by atoms with Crippen molar-refractivity contribution in [2.24, 2.45) is 5.84 Å². The molecule has 6 nitrogen and oxygen atoms in total. The molecule has 1 amide bonds. The number of hydrogen-bond acceptors (Lipinski definition) is 5. The van der Waals surface area contributed by atoms with Crippen molar-refractivity contribution in [1.29, 1.82) is 0 Å². The van der Waals surface area contributed by atoms with Crippen molar-refractivity contribution in [3.05, 3.63) is 18.1 Å². The van der Waals surface area contributed by atoms with Crippen LogP contribution in [0.4, 0.5) is 5.82 Å². The first-order chi connectivity index (χ1) is 8.79. The Labute approximate surface area is 106 Å². The van der Waals surface area contributed by atoms with Crippen molar-refractivity contribution < 1.29 is 4.79 Å². The van der Waals surface area contributed by atoms with Crippen LogP contribution in [0, 0.1) is 0 Å². The van der Waals surface area contributed by atoms with E-state index in [4.69, 9.17) is 5.84 Å². The molecule has 6 heteroatoms. The summed E-state index contributed by atoms with van der Waals surface area (Å²) in [6.07, 6.45) is 9.91. The Balaban J connectivity index is 1.97. The van der Waals surface area contributed by atoms with Gasteiger partial charge >= 0.3 is 0 Å². The average molecular weight is 249 g/mol. The molecule has 0 spiro atoms. The molecule has 1 heterocycles. The lowest BCUT2D eigenvalue weighted by Gasteiger charge is -2.15. The smallest absolute Gasteiger partial charge is 0.271 e. The van der Waals surface area contributed by atoms with Crippen LogP contribution >= 0.6 is 0 Å². The van der Waals surface area contributed by atoms with E-state index in [1.807, 2.05) is 0 Å². The summed E-state index contributed by atoms with van der Waals surface area (Å²) >= 11 is 0. The van der Waals surface area contributed by atoms with E-state index >= 15 is 0 Å². The molecule has 1 aromatic rings. The minimum atomic E-state index is -0.175. The number of hydrazine groups is 1. The van der Waals surface area contributed by atoms with Crippen LogP contribution in [0.3, 0.4) is 0 Å². The molecule has 18 heavy (non-hydrogen) atoms. The summed E-state index contributed by atoms with van der Waals surface area (Å²) < 4.78 is 0. The molecule has 1 aromatic heterocycles. The second kappa shape index (κ2) is 6.30. The minimum absolute atomic E-state index is 0.175. The van der Waals surface area contributed by atoms with E-state index in [0.717, 1.165) is 12.8 Å². The molecule has 0 atom stereocenters. The quantitative estimate of drug-likeness (QED) is 0.425. The fourth-order valence-electron chi connectivity index (χ4n) is 2.23. The molecule has 0 bridgehead atoms. The maximum Gasteiger partial charge on any atom is 0.271 e. The number of nitrogens with one attached hydrogen (secondary N) is 2. The first-order valence-electron chi connectivity index (χ1n) is 6.39. The Hall–Kier alpha value is -1.69. The van der Waals surface area contributed by atoms with Gasteiger partial charge in [-0.25, -0.2) is 10.8 Å². The van der Waals surface area contributed by atoms with E-state index in [2.05, 4.69) is 20.7 Å². The molecule has 0 aromatic carbocycles. The van der Waals surface area contributed by atoms with E-state index < -0.39 is 0 Å². The van der Waals surface area contributed by atoms with Gasteiger partial charge in [0.25, 0.3) is 5.91 Å². The summed E-state index contributed by atoms with van der Waals surface area (Å²) in [5.74, 6) is 5.46. The van der Waals surface area contributed by atoms with E-state index in [0.29, 0.717) is 11.5 Å². The fourth-order valence-corrected chi connectivity index (χ4v) is 2.23. The van der Waals surface area contributed by atoms with Crippen LogP contribution in [0.15, 0.2) is 12.4 Å². The number of anilines is 1. The highest BCUT2D eigenvalue weighted by molar-refractivity contribution is 5.92. The minimum Gasteiger partial charge on any atom is -0.348 e. The zero-order valence-corrected chi connectivity index (χ0v) is 10.4. The molecule has 1 aliphatic carbocycles. The summed E-state index contributed by atoms with van der Waals surface area (Å²) in [6, 6.07) is 0.260. The van der Waals surface area contributed by atoms with Gasteiger partial charge in [0, 0.05) is 6.04 Å². The highest BCUT2D eigenvalue weighted by atomic mass is 16.1. The largest absolute Gasteiger partial charge is 0.348 e. The Morgan fingerprint density at radius 2 is 1.94 bits per heavy atom. The number of nitrogens with two attached hydrogens (primary N) is 1. The van der Waals surface area contributed by atoms with Gasteiger partial charge in [0.15, 0.2) is 5.82 Å². The van der Waals surface area contributed by atoms with Crippen LogP contribution < -0.4 is 16.6 Å². The number of carbonyl (C=O) groups is 1. The SMILES string of the molecule is NNc1cncc(C(=O)NC2CCCCCC2)n1. The second-order valence-corrected chi connectivity index (χ2v) is 4.60. The maximum atomic E-state index is 12.0. The number of rotatable bonds is 3. The first-order valence-corrected chi connectivity index (χ1v) is 6.39. The summed E-state index contributed by atoms with van der Waals surface area (Å²) in [5.41, 5.74) is 2.68. The summed E-state index contributed by atoms with van der Waals surface area (Å²) in [4.78, 5) is 20.0. The normalized spacial score (nSPS) is 16.9. The Kier molecular flexibility index (Phi) is 4.46. The molecule has 0 saturated heterocycles. The predicted octanol–water partition coefficient (Wildman–Crippen LogP) is 1.21. The van der Waals surface area contributed by atoms with Crippen LogP contribution in [-0.4, -0.2) is 21.9 Å². The summed E-state index contributed by atoms with van der Waals surface area (Å²) in [6.45, 7) is 0. The predicted molar refractivity (Wildman–Crippen MR) is 68.8 cm³/mol. The lowest BCUT2D eigenvalue weighted by Crippen LogP contribution is -2.35. The van der Waals surface area contributed by atoms with Crippen molar-refractivity contribution in [2.45, 2.75) is 44.6 Å². The molecule has 4 N–H and O–H groups in total. The maximum absolute atomic E-state index is 12.0. The van der Waals surface area contributed by atoms with Crippen molar-refractivity contribution >= 4 is 11.7 Å². The Bertz CT molecular complexity index is 401. The molecule has 1 aliphatic rings. The van der Waals surface area contributed by atoms with E-state index in [-0.39, 0.29) is 11.9 Å². The molecule has 0 radical (unpaired) electrons. The highest BCUT2D eigenvalue weighted by Gasteiger charge is 2.16. The van der Waals surface area contributed by atoms with Crippen LogP contribution in [0.2, 0.25) is 0 Å². The van der Waals surface area contributed by atoms with Gasteiger partial charge in [-0.3, -0.25) is 9.78 Å². The van der Waals surface area contributed by atoms with Crippen LogP contribution in [0.25, 0.3) is 0 Å². The molecule has 2 rings (SSSR count). The zero-order valence-electron chi connectivity index (χ0n) is 10.4. The van der Waals surface area contributed by atoms with Gasteiger partial charge in [-0.2, -0.15) is 0 Å². The standard InChI is InChI=1S/C12H19N5O/c13-17-11-8-14-7-10(16-11)12(18)15-9-5-3-1-2-4-6-9/h7-9H,1-6,13H2,(H,15,18)(H,16,17). The molecular formula is C12H19N5O. The van der Waals surface area contributed by atoms with Gasteiger partial charge in [-0.05, 0) is 12.8 Å². The Morgan fingerprint density at radius 1 is 1.22 bits per heavy atom. The van der Waals surface area contributed by atoms with E-state index in [1.54, 1.807) is 0 Å². The van der Waals surface area contributed by atoms with Crippen LogP contribution in [0.1, 0.15) is 49.0 Å². The van der Waals surface area contributed by atoms with Crippen molar-refractivity contribution in [3.63, 3.8) is 0 Å². The number of aromatic nitrogens is 2. The third-order valence-electron chi connectivity index (χ3n) is 3.21. The molecule has 0 unspecified atom stereocenters. The van der Waals surface area contributed by atoms with Crippen molar-refractivity contribution in [3.8, 4) is 0 Å². The first kappa shape index (κ1) is 12.8. The van der Waals surface area contributed by atoms with Crippen molar-refractivity contribution in [2.75, 3.05) is 5.43 Å². The zero-order chi connectivity index (χ0) is 12.8. The summed E-state index contributed by atoms with van der Waals surface area (Å²) in [7, 11) is 0. The second-order valence-electron chi connectivity index (χ2n) is 4.60. The van der Waals surface area contributed by atoms with Gasteiger partial charge in [0.1, 0.15) is 5.69 Å². The fraction of sp³-hybridized carbons (Fsp3) is 0.583. The van der Waals surface area contributed by atoms with Crippen LogP contribution in [0.5, 0.6) is 0 Å². The average Bonchev–Trinajstić information content (AvgIpc) is 2.67. The number of nitrogens with zero attached hydrogens (tertiary/aromatic N) is 2. The number of amides is 1. The molecule has 0 aliphatic heterocycles. The molecule has 1 saturated carbocycles.